The van der Waals surface area contributed by atoms with E-state index < -0.39 is 142 Å². The zero-order valence-corrected chi connectivity index (χ0v) is 49.8. The van der Waals surface area contributed by atoms with Crippen LogP contribution in [0.4, 0.5) is 0 Å². The van der Waals surface area contributed by atoms with Crippen LogP contribution in [-0.4, -0.2) is 168 Å². The van der Waals surface area contributed by atoms with Crippen LogP contribution >= 0.6 is 0 Å². The molecule has 2 aliphatic carbocycles. The van der Waals surface area contributed by atoms with E-state index >= 15 is 0 Å². The summed E-state index contributed by atoms with van der Waals surface area (Å²) in [5.74, 6) is -14.8. The van der Waals surface area contributed by atoms with Gasteiger partial charge in [-0.2, -0.15) is 0 Å². The van der Waals surface area contributed by atoms with Crippen molar-refractivity contribution in [1.82, 2.24) is 4.90 Å². The standard InChI is InChI=1S/C61H91N3O17/c1-15-78-57(72)59(62-10)42-22-24-44(60(59,63-11)58(73)79-16-2)34(3)27-38(7)51(67)53(77-14)52(68)39(8)28-35(4)47(66)33-49(36(5)29-41-21-25-46(65)50(31-41)76-13)80-56(71)45-19-17-18-26-64(45)55(70)54(69)61(74)40(9)20-23-43(81-61)32-48(75-12)37(6)30-42/h28,30,34-36,38,40-46,48-50,52-53,65,68,74H,15-27,29,31-33H2,1-9,12-14H3/b37-30+,39-28+. The molecule has 6 rings (SSSR count). The molecule has 0 aromatic rings. The summed E-state index contributed by atoms with van der Waals surface area (Å²) in [5.41, 5.74) is -4.31. The molecule has 4 heterocycles. The summed E-state index contributed by atoms with van der Waals surface area (Å²) in [6.45, 7) is 32.1. The maximum atomic E-state index is 14.7. The van der Waals surface area contributed by atoms with Crippen LogP contribution in [0.5, 0.6) is 0 Å². The summed E-state index contributed by atoms with van der Waals surface area (Å²) in [4.78, 5) is 111. The minimum Gasteiger partial charge on any atom is -0.460 e. The van der Waals surface area contributed by atoms with Crippen LogP contribution in [-0.2, 0) is 66.7 Å². The highest BCUT2D eigenvalue weighted by molar-refractivity contribution is 6.39. The van der Waals surface area contributed by atoms with Gasteiger partial charge in [0, 0.05) is 58.5 Å². The van der Waals surface area contributed by atoms with Crippen LogP contribution in [0, 0.1) is 60.5 Å². The topological polar surface area (TPSA) is 257 Å². The molecule has 4 aliphatic heterocycles. The number of Topliss-reactive ketones (excluding diaryl/α,β-unsaturated/α-hetero) is 3. The van der Waals surface area contributed by atoms with Crippen molar-refractivity contribution in [3.8, 4) is 0 Å². The Balaban J connectivity index is 1.64. The van der Waals surface area contributed by atoms with Crippen molar-refractivity contribution in [1.29, 1.82) is 0 Å². The highest BCUT2D eigenvalue weighted by atomic mass is 16.6. The van der Waals surface area contributed by atoms with Crippen molar-refractivity contribution >= 4 is 41.2 Å². The summed E-state index contributed by atoms with van der Waals surface area (Å²) >= 11 is 0. The lowest BCUT2D eigenvalue weighted by atomic mass is 9.53. The van der Waals surface area contributed by atoms with Crippen LogP contribution in [0.3, 0.4) is 0 Å². The van der Waals surface area contributed by atoms with E-state index in [9.17, 15) is 48.9 Å². The molecule has 0 spiro atoms. The Morgan fingerprint density at radius 1 is 0.802 bits per heavy atom. The van der Waals surface area contributed by atoms with Crippen molar-refractivity contribution in [3.63, 3.8) is 0 Å². The van der Waals surface area contributed by atoms with E-state index in [0.717, 1.165) is 4.90 Å². The molecule has 20 heteroatoms. The largest absolute Gasteiger partial charge is 0.460 e. The molecular weight excluding hydrogens is 1050 g/mol. The highest BCUT2D eigenvalue weighted by Crippen LogP contribution is 2.56. The van der Waals surface area contributed by atoms with E-state index in [1.807, 2.05) is 6.92 Å². The number of rotatable bonds is 10. The average molecular weight is 1140 g/mol. The number of aliphatic hydroxyl groups is 3. The number of fused-ring (bicyclic) bond motifs is 17. The first-order chi connectivity index (χ1) is 38.3. The van der Waals surface area contributed by atoms with Gasteiger partial charge in [-0.1, -0.05) is 46.8 Å². The van der Waals surface area contributed by atoms with Gasteiger partial charge in [0.2, 0.25) is 5.79 Å². The molecule has 3 N–H and O–H groups in total. The minimum atomic E-state index is -2.63. The second-order valence-corrected chi connectivity index (χ2v) is 23.8. The summed E-state index contributed by atoms with van der Waals surface area (Å²) in [7, 11) is 4.24. The van der Waals surface area contributed by atoms with Crippen LogP contribution in [0.2, 0.25) is 0 Å². The normalized spacial score (nSPS) is 40.0. The molecule has 20 nitrogen and oxygen atoms in total. The maximum Gasteiger partial charge on any atom is 0.419 e. The predicted octanol–water partition coefficient (Wildman–Crippen LogP) is 6.54. The third-order valence-electron chi connectivity index (χ3n) is 18.6. The number of nitrogens with zero attached hydrogens (tertiary/aromatic N) is 3. The van der Waals surface area contributed by atoms with E-state index in [2.05, 4.69) is 9.69 Å². The zero-order valence-electron chi connectivity index (χ0n) is 49.8. The number of piperidine rings is 1. The summed E-state index contributed by atoms with van der Waals surface area (Å²) in [6, 6.07) is -1.25. The third kappa shape index (κ3) is 14.0. The van der Waals surface area contributed by atoms with Crippen molar-refractivity contribution < 1.29 is 82.0 Å². The van der Waals surface area contributed by atoms with Gasteiger partial charge in [-0.15, -0.1) is 0 Å². The molecule has 0 aromatic carbocycles. The fraction of sp³-hybridized carbons (Fsp3) is 0.787. The Hall–Kier alpha value is -4.93. The number of carbonyl (C=O) groups is 7. The molecule has 0 aromatic heterocycles. The molecular formula is C61H91N3O17. The van der Waals surface area contributed by atoms with Crippen LogP contribution in [0.25, 0.3) is 9.69 Å². The molecule has 1 amide bonds. The highest BCUT2D eigenvalue weighted by Gasteiger charge is 2.84. The van der Waals surface area contributed by atoms with Crippen molar-refractivity contribution in [3.05, 3.63) is 46.1 Å². The van der Waals surface area contributed by atoms with Gasteiger partial charge in [0.05, 0.1) is 49.5 Å². The summed E-state index contributed by atoms with van der Waals surface area (Å²) < 4.78 is 41.1. The first-order valence-corrected chi connectivity index (χ1v) is 29.3. The fourth-order valence-corrected chi connectivity index (χ4v) is 13.8. The molecule has 4 bridgehead atoms. The summed E-state index contributed by atoms with van der Waals surface area (Å²) in [6.07, 6.45) is 0.232. The van der Waals surface area contributed by atoms with Gasteiger partial charge < -0.3 is 53.4 Å². The van der Waals surface area contributed by atoms with Gasteiger partial charge in [0.1, 0.15) is 30.1 Å². The fourth-order valence-electron chi connectivity index (χ4n) is 13.8. The number of hydrogen-bond donors (Lipinski definition) is 3. The number of carbonyl (C=O) groups excluding carboxylic acids is 7. The van der Waals surface area contributed by atoms with Gasteiger partial charge >= 0.3 is 29.0 Å². The third-order valence-corrected chi connectivity index (χ3v) is 18.6. The molecule has 2 saturated carbocycles. The first-order valence-electron chi connectivity index (χ1n) is 29.3. The lowest BCUT2D eigenvalue weighted by Crippen LogP contribution is -2.70. The van der Waals surface area contributed by atoms with Crippen molar-refractivity contribution in [2.24, 2.45) is 47.3 Å². The SMILES string of the molecule is [C-]#[N+]C1(C(=O)OCC)C2/C=C(\C)C(OC)CC3CCC(C)C(O)(O3)C(=O)C(=O)N3CCCCC3C(=O)OC(C(C)CC3CCC(O)C(OC)C3)CC(=O)C(C)/C=C(\C)C(O)C(OC)C(=O)C(C)CC(C)C(CC2)C1([N+]#[C-])C(=O)OCC. The number of esters is 3. The van der Waals surface area contributed by atoms with E-state index in [1.54, 1.807) is 61.5 Å². The molecule has 4 fully saturated rings. The van der Waals surface area contributed by atoms with Crippen LogP contribution < -0.4 is 0 Å². The van der Waals surface area contributed by atoms with E-state index in [1.165, 1.54) is 27.4 Å². The van der Waals surface area contributed by atoms with E-state index in [0.29, 0.717) is 50.5 Å². The second kappa shape index (κ2) is 29.1. The first kappa shape index (κ1) is 66.9. The van der Waals surface area contributed by atoms with Gasteiger partial charge in [-0.3, -0.25) is 28.9 Å². The Morgan fingerprint density at radius 3 is 2.06 bits per heavy atom. The number of amides is 1. The second-order valence-electron chi connectivity index (χ2n) is 23.8. The number of aliphatic hydroxyl groups excluding tert-OH is 2. The van der Waals surface area contributed by atoms with Crippen molar-refractivity contribution in [2.45, 2.75) is 218 Å². The van der Waals surface area contributed by atoms with Gasteiger partial charge in [0.25, 0.3) is 11.7 Å². The zero-order chi connectivity index (χ0) is 60.3. The van der Waals surface area contributed by atoms with Crippen LogP contribution in [0.15, 0.2) is 23.3 Å². The Labute approximate surface area is 479 Å². The number of allylic oxidation sites excluding steroid dienone is 1. The minimum absolute atomic E-state index is 0.00716. The smallest absolute Gasteiger partial charge is 0.419 e. The number of ketones is 3. The monoisotopic (exact) mass is 1140 g/mol. The number of methoxy groups -OCH3 is 3. The molecule has 452 valence electrons. The predicted molar refractivity (Wildman–Crippen MR) is 295 cm³/mol. The molecule has 19 unspecified atom stereocenters. The number of ether oxygens (including phenoxy) is 7. The molecule has 81 heavy (non-hydrogen) atoms. The maximum absolute atomic E-state index is 14.7. The van der Waals surface area contributed by atoms with E-state index in [4.69, 9.17) is 46.3 Å². The quantitative estimate of drug-likeness (QED) is 0.0690. The molecule has 19 atom stereocenters. The lowest BCUT2D eigenvalue weighted by Gasteiger charge is -2.44. The Morgan fingerprint density at radius 2 is 1.46 bits per heavy atom. The molecule has 0 radical (unpaired) electrons. The molecule has 6 aliphatic rings. The average Bonchev–Trinajstić information content (AvgIpc) is 3.64. The Bertz CT molecular complexity index is 2410. The summed E-state index contributed by atoms with van der Waals surface area (Å²) in [5, 5.41) is 34.7. The lowest BCUT2D eigenvalue weighted by molar-refractivity contribution is -0.265. The van der Waals surface area contributed by atoms with Gasteiger partial charge in [0.15, 0.2) is 5.78 Å². The molecule has 2 saturated heterocycles. The van der Waals surface area contributed by atoms with Gasteiger partial charge in [-0.05, 0) is 134 Å². The van der Waals surface area contributed by atoms with Gasteiger partial charge in [-0.25, -0.2) is 27.5 Å². The van der Waals surface area contributed by atoms with Crippen molar-refractivity contribution in [2.75, 3.05) is 41.1 Å². The number of hydrogen-bond acceptors (Lipinski definition) is 17. The Kier molecular flexibility index (Phi) is 24.0. The van der Waals surface area contributed by atoms with Crippen LogP contribution in [0.1, 0.15) is 152 Å². The van der Waals surface area contributed by atoms with E-state index in [-0.39, 0.29) is 82.0 Å².